The van der Waals surface area contributed by atoms with Crippen LogP contribution in [0, 0.1) is 0 Å². The van der Waals surface area contributed by atoms with Crippen LogP contribution < -0.4 is 15.2 Å². The molecule has 1 saturated carbocycles. The second kappa shape index (κ2) is 5.28. The van der Waals surface area contributed by atoms with E-state index in [9.17, 15) is 0 Å². The number of rotatable bonds is 3. The van der Waals surface area contributed by atoms with Crippen molar-refractivity contribution in [2.45, 2.75) is 56.9 Å². The largest absolute Gasteiger partial charge is 0.496 e. The highest BCUT2D eigenvalue weighted by Crippen LogP contribution is 2.47. The molecule has 0 atom stereocenters. The molecule has 1 aromatic carbocycles. The van der Waals surface area contributed by atoms with E-state index in [1.807, 2.05) is 0 Å². The van der Waals surface area contributed by atoms with Crippen molar-refractivity contribution >= 4 is 0 Å². The first-order valence-corrected chi connectivity index (χ1v) is 7.75. The molecule has 3 nitrogen and oxygen atoms in total. The molecule has 2 aliphatic carbocycles. The Hall–Kier alpha value is -1.22. The smallest absolute Gasteiger partial charge is 0.127 e. The fourth-order valence-corrected chi connectivity index (χ4v) is 3.93. The van der Waals surface area contributed by atoms with Crippen LogP contribution in [0.1, 0.15) is 55.2 Å². The van der Waals surface area contributed by atoms with Crippen LogP contribution in [-0.2, 0) is 18.4 Å². The summed E-state index contributed by atoms with van der Waals surface area (Å²) < 4.78 is 11.4. The highest BCUT2D eigenvalue weighted by molar-refractivity contribution is 5.57. The Bertz CT molecular complexity index is 504. The first kappa shape index (κ1) is 13.7. The van der Waals surface area contributed by atoms with Crippen molar-refractivity contribution in [2.24, 2.45) is 5.73 Å². The Morgan fingerprint density at radius 1 is 0.950 bits per heavy atom. The molecule has 2 N–H and O–H groups in total. The second-order valence-corrected chi connectivity index (χ2v) is 6.19. The van der Waals surface area contributed by atoms with Gasteiger partial charge >= 0.3 is 0 Å². The molecule has 0 amide bonds. The maximum Gasteiger partial charge on any atom is 0.127 e. The number of ether oxygens (including phenoxy) is 2. The topological polar surface area (TPSA) is 44.5 Å². The molecule has 2 aliphatic rings. The van der Waals surface area contributed by atoms with Crippen LogP contribution >= 0.6 is 0 Å². The van der Waals surface area contributed by atoms with Crippen LogP contribution in [0.4, 0.5) is 0 Å². The zero-order valence-electron chi connectivity index (χ0n) is 12.6. The maximum absolute atomic E-state index is 6.68. The van der Waals surface area contributed by atoms with Gasteiger partial charge in [0.1, 0.15) is 11.5 Å². The summed E-state index contributed by atoms with van der Waals surface area (Å²) >= 11 is 0. The van der Waals surface area contributed by atoms with Crippen molar-refractivity contribution in [3.05, 3.63) is 22.8 Å². The molecule has 0 aromatic heterocycles. The van der Waals surface area contributed by atoms with Crippen molar-refractivity contribution in [1.82, 2.24) is 0 Å². The van der Waals surface area contributed by atoms with Crippen LogP contribution in [0.15, 0.2) is 6.07 Å². The van der Waals surface area contributed by atoms with Gasteiger partial charge in [0.15, 0.2) is 0 Å². The van der Waals surface area contributed by atoms with Crippen LogP contribution in [0.5, 0.6) is 11.5 Å². The van der Waals surface area contributed by atoms with Crippen molar-refractivity contribution in [2.75, 3.05) is 14.2 Å². The number of hydrogen-bond acceptors (Lipinski definition) is 3. The Morgan fingerprint density at radius 3 is 2.20 bits per heavy atom. The van der Waals surface area contributed by atoms with Crippen LogP contribution in [0.2, 0.25) is 0 Å². The van der Waals surface area contributed by atoms with E-state index in [0.29, 0.717) is 0 Å². The van der Waals surface area contributed by atoms with E-state index >= 15 is 0 Å². The lowest BCUT2D eigenvalue weighted by Crippen LogP contribution is -2.34. The summed E-state index contributed by atoms with van der Waals surface area (Å²) in [6.07, 6.45) is 9.15. The molecule has 0 saturated heterocycles. The summed E-state index contributed by atoms with van der Waals surface area (Å²) in [5.74, 6) is 2.04. The van der Waals surface area contributed by atoms with Gasteiger partial charge in [-0.25, -0.2) is 0 Å². The maximum atomic E-state index is 6.68. The zero-order valence-corrected chi connectivity index (χ0v) is 12.6. The van der Waals surface area contributed by atoms with Gasteiger partial charge in [0.05, 0.1) is 14.2 Å². The molecule has 0 radical (unpaired) electrons. The van der Waals surface area contributed by atoms with E-state index in [-0.39, 0.29) is 5.54 Å². The molecule has 0 aliphatic heterocycles. The van der Waals surface area contributed by atoms with Crippen LogP contribution in [0.3, 0.4) is 0 Å². The minimum absolute atomic E-state index is 0.231. The van der Waals surface area contributed by atoms with Crippen molar-refractivity contribution < 1.29 is 9.47 Å². The molecule has 0 unspecified atom stereocenters. The third kappa shape index (κ3) is 2.08. The molecule has 0 heterocycles. The van der Waals surface area contributed by atoms with Gasteiger partial charge in [0.25, 0.3) is 0 Å². The Balaban J connectivity index is 2.18. The van der Waals surface area contributed by atoms with Crippen molar-refractivity contribution in [3.8, 4) is 11.5 Å². The number of nitrogens with two attached hydrogens (primary N) is 1. The quantitative estimate of drug-likeness (QED) is 0.920. The summed E-state index contributed by atoms with van der Waals surface area (Å²) in [5, 5.41) is 0. The van der Waals surface area contributed by atoms with Crippen LogP contribution in [-0.4, -0.2) is 14.2 Å². The van der Waals surface area contributed by atoms with Crippen molar-refractivity contribution in [1.29, 1.82) is 0 Å². The summed E-state index contributed by atoms with van der Waals surface area (Å²) in [6, 6.07) is 2.15. The van der Waals surface area contributed by atoms with E-state index in [1.54, 1.807) is 14.2 Å². The second-order valence-electron chi connectivity index (χ2n) is 6.19. The van der Waals surface area contributed by atoms with E-state index in [0.717, 1.165) is 42.7 Å². The minimum Gasteiger partial charge on any atom is -0.496 e. The van der Waals surface area contributed by atoms with E-state index < -0.39 is 0 Å². The lowest BCUT2D eigenvalue weighted by molar-refractivity contribution is 0.361. The molecule has 0 spiro atoms. The molecule has 3 rings (SSSR count). The van der Waals surface area contributed by atoms with Gasteiger partial charge in [-0.3, -0.25) is 0 Å². The third-order valence-electron chi connectivity index (χ3n) is 5.02. The number of hydrogen-bond donors (Lipinski definition) is 1. The van der Waals surface area contributed by atoms with Gasteiger partial charge in [-0.2, -0.15) is 0 Å². The predicted molar refractivity (Wildman–Crippen MR) is 80.5 cm³/mol. The first-order chi connectivity index (χ1) is 9.69. The van der Waals surface area contributed by atoms with Crippen LogP contribution in [0.25, 0.3) is 0 Å². The summed E-state index contributed by atoms with van der Waals surface area (Å²) in [6.45, 7) is 0. The highest BCUT2D eigenvalue weighted by Gasteiger charge is 2.36. The summed E-state index contributed by atoms with van der Waals surface area (Å²) in [5.41, 5.74) is 10.3. The van der Waals surface area contributed by atoms with E-state index in [1.165, 1.54) is 36.8 Å². The molecular formula is C17H25NO2. The number of benzene rings is 1. The fraction of sp³-hybridized carbons (Fsp3) is 0.647. The molecule has 110 valence electrons. The Kier molecular flexibility index (Phi) is 3.63. The van der Waals surface area contributed by atoms with E-state index in [4.69, 9.17) is 15.2 Å². The van der Waals surface area contributed by atoms with Gasteiger partial charge in [0, 0.05) is 22.2 Å². The lowest BCUT2D eigenvalue weighted by atomic mass is 9.82. The summed E-state index contributed by atoms with van der Waals surface area (Å²) in [7, 11) is 3.54. The van der Waals surface area contributed by atoms with Gasteiger partial charge in [-0.05, 0) is 44.6 Å². The average molecular weight is 275 g/mol. The molecule has 1 fully saturated rings. The normalized spacial score (nSPS) is 20.6. The molecule has 0 bridgehead atoms. The van der Waals surface area contributed by atoms with Gasteiger partial charge in [0.2, 0.25) is 0 Å². The highest BCUT2D eigenvalue weighted by atomic mass is 16.5. The monoisotopic (exact) mass is 275 g/mol. The third-order valence-corrected chi connectivity index (χ3v) is 5.02. The minimum atomic E-state index is -0.231. The fourth-order valence-electron chi connectivity index (χ4n) is 3.93. The molecule has 3 heteroatoms. The molecule has 20 heavy (non-hydrogen) atoms. The Labute approximate surface area is 121 Å². The SMILES string of the molecule is COc1cc(C2(N)CCCC2)c(OC)c2c1CCCC2. The summed E-state index contributed by atoms with van der Waals surface area (Å²) in [4.78, 5) is 0. The molecule has 1 aromatic rings. The average Bonchev–Trinajstić information content (AvgIpc) is 2.93. The predicted octanol–water partition coefficient (Wildman–Crippen LogP) is 3.31. The standard InChI is InChI=1S/C17H25NO2/c1-19-15-11-14(17(18)9-5-6-10-17)16(20-2)13-8-4-3-7-12(13)15/h11H,3-10,18H2,1-2H3. The first-order valence-electron chi connectivity index (χ1n) is 7.75. The van der Waals surface area contributed by atoms with Gasteiger partial charge in [-0.1, -0.05) is 12.8 Å². The Morgan fingerprint density at radius 2 is 1.60 bits per heavy atom. The zero-order chi connectivity index (χ0) is 14.2. The number of methoxy groups -OCH3 is 2. The lowest BCUT2D eigenvalue weighted by Gasteiger charge is -2.31. The van der Waals surface area contributed by atoms with E-state index in [2.05, 4.69) is 6.07 Å². The number of fused-ring (bicyclic) bond motifs is 1. The van der Waals surface area contributed by atoms with Gasteiger partial charge < -0.3 is 15.2 Å². The van der Waals surface area contributed by atoms with Crippen molar-refractivity contribution in [3.63, 3.8) is 0 Å². The van der Waals surface area contributed by atoms with Gasteiger partial charge in [-0.15, -0.1) is 0 Å². The molecular weight excluding hydrogens is 250 g/mol.